The summed E-state index contributed by atoms with van der Waals surface area (Å²) in [6.07, 6.45) is 3.50. The first-order valence-electron chi connectivity index (χ1n) is 6.72. The van der Waals surface area contributed by atoms with Crippen LogP contribution in [0.5, 0.6) is 5.88 Å². The topological polar surface area (TPSA) is 34.1 Å². The molecule has 0 saturated carbocycles. The van der Waals surface area contributed by atoms with Gasteiger partial charge in [-0.05, 0) is 49.2 Å². The van der Waals surface area contributed by atoms with Crippen LogP contribution in [0.4, 0.5) is 0 Å². The number of hydrogen-bond donors (Lipinski definition) is 1. The largest absolute Gasteiger partial charge is 0.481 e. The number of nitrogens with zero attached hydrogens (tertiary/aromatic N) is 1. The van der Waals surface area contributed by atoms with E-state index in [1.165, 1.54) is 0 Å². The van der Waals surface area contributed by atoms with E-state index in [4.69, 9.17) is 27.9 Å². The Balaban J connectivity index is 2.07. The Morgan fingerprint density at radius 3 is 2.62 bits per heavy atom. The van der Waals surface area contributed by atoms with Gasteiger partial charge < -0.3 is 10.1 Å². The number of pyridine rings is 1. The molecule has 0 saturated heterocycles. The van der Waals surface area contributed by atoms with E-state index in [1.807, 2.05) is 37.5 Å². The molecule has 0 fully saturated rings. The van der Waals surface area contributed by atoms with E-state index in [0.717, 1.165) is 29.0 Å². The second-order valence-corrected chi connectivity index (χ2v) is 5.68. The highest BCUT2D eigenvalue weighted by molar-refractivity contribution is 6.33. The number of aromatic nitrogens is 1. The molecule has 0 aliphatic carbocycles. The van der Waals surface area contributed by atoms with Crippen LogP contribution in [0.25, 0.3) is 0 Å². The van der Waals surface area contributed by atoms with E-state index in [0.29, 0.717) is 10.9 Å². The van der Waals surface area contributed by atoms with E-state index in [-0.39, 0.29) is 6.04 Å². The van der Waals surface area contributed by atoms with Gasteiger partial charge in [-0.15, -0.1) is 0 Å². The van der Waals surface area contributed by atoms with Crippen molar-refractivity contribution < 1.29 is 4.74 Å². The van der Waals surface area contributed by atoms with Crippen LogP contribution in [-0.4, -0.2) is 25.2 Å². The molecule has 0 amide bonds. The second-order valence-electron chi connectivity index (χ2n) is 4.84. The highest BCUT2D eigenvalue weighted by atomic mass is 35.5. The number of nitrogens with one attached hydrogen (secondary N) is 1. The number of rotatable bonds is 6. The van der Waals surface area contributed by atoms with Crippen molar-refractivity contribution in [1.82, 2.24) is 10.3 Å². The van der Waals surface area contributed by atoms with Crippen molar-refractivity contribution in [1.29, 1.82) is 0 Å². The molecule has 0 bridgehead atoms. The average molecular weight is 325 g/mol. The Hall–Kier alpha value is -1.29. The molecule has 1 atom stereocenters. The van der Waals surface area contributed by atoms with E-state index >= 15 is 0 Å². The molecule has 1 aromatic heterocycles. The van der Waals surface area contributed by atoms with Crippen molar-refractivity contribution in [3.05, 3.63) is 57.7 Å². The molecule has 0 spiro atoms. The highest BCUT2D eigenvalue weighted by Crippen LogP contribution is 2.22. The summed E-state index contributed by atoms with van der Waals surface area (Å²) in [4.78, 5) is 4.23. The van der Waals surface area contributed by atoms with Gasteiger partial charge in [-0.3, -0.25) is 0 Å². The predicted molar refractivity (Wildman–Crippen MR) is 87.5 cm³/mol. The van der Waals surface area contributed by atoms with Gasteiger partial charge in [0.1, 0.15) is 0 Å². The lowest BCUT2D eigenvalue weighted by molar-refractivity contribution is 0.397. The minimum atomic E-state index is 0.260. The summed E-state index contributed by atoms with van der Waals surface area (Å²) in [6, 6.07) is 9.71. The van der Waals surface area contributed by atoms with Gasteiger partial charge >= 0.3 is 0 Å². The Labute approximate surface area is 135 Å². The third-order valence-electron chi connectivity index (χ3n) is 3.37. The van der Waals surface area contributed by atoms with Crippen LogP contribution in [0.2, 0.25) is 10.0 Å². The third-order valence-corrected chi connectivity index (χ3v) is 3.97. The average Bonchev–Trinajstić information content (AvgIpc) is 2.51. The maximum Gasteiger partial charge on any atom is 0.212 e. The number of benzene rings is 1. The SMILES string of the molecule is CNC(Cc1ccc(OC)nc1)Cc1cc(Cl)ccc1Cl. The molecule has 21 heavy (non-hydrogen) atoms. The molecular formula is C16H18Cl2N2O. The van der Waals surface area contributed by atoms with Gasteiger partial charge in [-0.1, -0.05) is 29.3 Å². The molecule has 0 aliphatic rings. The summed E-state index contributed by atoms with van der Waals surface area (Å²) in [6.45, 7) is 0. The number of halogens is 2. The fraction of sp³-hybridized carbons (Fsp3) is 0.312. The summed E-state index contributed by atoms with van der Waals surface area (Å²) in [5.74, 6) is 0.623. The first kappa shape index (κ1) is 16.1. The van der Waals surface area contributed by atoms with Gasteiger partial charge in [0.2, 0.25) is 5.88 Å². The lowest BCUT2D eigenvalue weighted by Crippen LogP contribution is -2.30. The summed E-state index contributed by atoms with van der Waals surface area (Å²) in [5, 5.41) is 4.76. The molecular weight excluding hydrogens is 307 g/mol. The lowest BCUT2D eigenvalue weighted by Gasteiger charge is -2.17. The van der Waals surface area contributed by atoms with E-state index < -0.39 is 0 Å². The zero-order valence-electron chi connectivity index (χ0n) is 12.1. The first-order chi connectivity index (χ1) is 10.1. The molecule has 5 heteroatoms. The van der Waals surface area contributed by atoms with E-state index in [1.54, 1.807) is 13.2 Å². The van der Waals surface area contributed by atoms with Gasteiger partial charge in [0.15, 0.2) is 0 Å². The summed E-state index contributed by atoms with van der Waals surface area (Å²) < 4.78 is 5.07. The maximum atomic E-state index is 6.22. The van der Waals surface area contributed by atoms with E-state index in [9.17, 15) is 0 Å². The first-order valence-corrected chi connectivity index (χ1v) is 7.48. The van der Waals surface area contributed by atoms with Crippen LogP contribution in [0.3, 0.4) is 0 Å². The number of hydrogen-bond acceptors (Lipinski definition) is 3. The molecule has 1 N–H and O–H groups in total. The Bertz CT molecular complexity index is 587. The summed E-state index contributed by atoms with van der Waals surface area (Å²) in [5.41, 5.74) is 2.19. The predicted octanol–water partition coefficient (Wildman–Crippen LogP) is 3.77. The van der Waals surface area contributed by atoms with Crippen LogP contribution < -0.4 is 10.1 Å². The number of methoxy groups -OCH3 is 1. The van der Waals surface area contributed by atoms with Crippen LogP contribution in [-0.2, 0) is 12.8 Å². The van der Waals surface area contributed by atoms with E-state index in [2.05, 4.69) is 10.3 Å². The van der Waals surface area contributed by atoms with Gasteiger partial charge in [0.05, 0.1) is 7.11 Å². The monoisotopic (exact) mass is 324 g/mol. The van der Waals surface area contributed by atoms with Crippen molar-refractivity contribution in [2.75, 3.05) is 14.2 Å². The third kappa shape index (κ3) is 4.60. The zero-order valence-corrected chi connectivity index (χ0v) is 13.6. The molecule has 1 unspecified atom stereocenters. The second kappa shape index (κ2) is 7.64. The standard InChI is InChI=1S/C16H18Cl2N2O/c1-19-14(7-11-3-6-16(21-2)20-10-11)9-12-8-13(17)4-5-15(12)18/h3-6,8,10,14,19H,7,9H2,1-2H3. The molecule has 0 radical (unpaired) electrons. The van der Waals surface area contributed by atoms with Crippen LogP contribution in [0, 0.1) is 0 Å². The minimum Gasteiger partial charge on any atom is -0.481 e. The molecule has 1 heterocycles. The van der Waals surface area contributed by atoms with Gasteiger partial charge in [-0.2, -0.15) is 0 Å². The van der Waals surface area contributed by atoms with Crippen LogP contribution in [0.15, 0.2) is 36.5 Å². The Kier molecular flexibility index (Phi) is 5.85. The van der Waals surface area contributed by atoms with Crippen molar-refractivity contribution in [2.24, 2.45) is 0 Å². The summed E-state index contributed by atoms with van der Waals surface area (Å²) in [7, 11) is 3.56. The molecule has 2 aromatic rings. The molecule has 112 valence electrons. The summed E-state index contributed by atoms with van der Waals surface area (Å²) >= 11 is 12.3. The smallest absolute Gasteiger partial charge is 0.212 e. The molecule has 3 nitrogen and oxygen atoms in total. The Morgan fingerprint density at radius 1 is 1.19 bits per heavy atom. The fourth-order valence-corrected chi connectivity index (χ4v) is 2.57. The lowest BCUT2D eigenvalue weighted by atomic mass is 10.00. The van der Waals surface area contributed by atoms with Crippen molar-refractivity contribution >= 4 is 23.2 Å². The minimum absolute atomic E-state index is 0.260. The Morgan fingerprint density at radius 2 is 2.00 bits per heavy atom. The van der Waals surface area contributed by atoms with Gasteiger partial charge in [-0.25, -0.2) is 4.98 Å². The quantitative estimate of drug-likeness (QED) is 0.878. The fourth-order valence-electron chi connectivity index (χ4n) is 2.18. The van der Waals surface area contributed by atoms with Crippen molar-refractivity contribution in [2.45, 2.75) is 18.9 Å². The molecule has 0 aliphatic heterocycles. The zero-order chi connectivity index (χ0) is 15.2. The highest BCUT2D eigenvalue weighted by Gasteiger charge is 2.12. The maximum absolute atomic E-state index is 6.22. The molecule has 1 aromatic carbocycles. The van der Waals surface area contributed by atoms with Crippen molar-refractivity contribution in [3.63, 3.8) is 0 Å². The van der Waals surface area contributed by atoms with Gasteiger partial charge in [0.25, 0.3) is 0 Å². The molecule has 2 rings (SSSR count). The number of ether oxygens (including phenoxy) is 1. The van der Waals surface area contributed by atoms with Crippen LogP contribution >= 0.6 is 23.2 Å². The normalized spacial score (nSPS) is 12.2. The van der Waals surface area contributed by atoms with Crippen LogP contribution in [0.1, 0.15) is 11.1 Å². The van der Waals surface area contributed by atoms with Gasteiger partial charge in [0, 0.05) is 28.4 Å². The van der Waals surface area contributed by atoms with Crippen molar-refractivity contribution in [3.8, 4) is 5.88 Å². The number of likely N-dealkylation sites (N-methyl/N-ethyl adjacent to an activating group) is 1.